The zero-order chi connectivity index (χ0) is 21.3. The number of halogens is 3. The molecule has 1 saturated heterocycles. The van der Waals surface area contributed by atoms with Crippen LogP contribution in [0, 0.1) is 11.3 Å². The number of hydrogen-bond donors (Lipinski definition) is 1. The van der Waals surface area contributed by atoms with Crippen molar-refractivity contribution in [2.75, 3.05) is 18.0 Å². The van der Waals surface area contributed by atoms with Crippen molar-refractivity contribution in [1.82, 2.24) is 10.3 Å². The predicted molar refractivity (Wildman–Crippen MR) is 105 cm³/mol. The van der Waals surface area contributed by atoms with E-state index in [0.717, 1.165) is 11.6 Å². The van der Waals surface area contributed by atoms with Crippen molar-refractivity contribution in [3.05, 3.63) is 58.9 Å². The number of carbonyl (C=O) groups excluding carboxylic acids is 1. The van der Waals surface area contributed by atoms with Crippen molar-refractivity contribution in [1.29, 1.82) is 5.26 Å². The van der Waals surface area contributed by atoms with Crippen LogP contribution in [-0.4, -0.2) is 30.0 Å². The minimum Gasteiger partial charge on any atom is -0.368 e. The molecule has 0 unspecified atom stereocenters. The predicted octanol–water partition coefficient (Wildman–Crippen LogP) is 3.79. The van der Waals surface area contributed by atoms with Crippen molar-refractivity contribution >= 4 is 11.6 Å². The van der Waals surface area contributed by atoms with Crippen LogP contribution in [0.5, 0.6) is 0 Å². The van der Waals surface area contributed by atoms with Crippen LogP contribution in [0.2, 0.25) is 0 Å². The molecule has 2 aliphatic rings. The number of pyridine rings is 1. The van der Waals surface area contributed by atoms with E-state index in [-0.39, 0.29) is 18.4 Å². The lowest BCUT2D eigenvalue weighted by atomic mass is 10.1. The molecule has 1 N–H and O–H groups in total. The number of benzene rings is 1. The first kappa shape index (κ1) is 20.2. The van der Waals surface area contributed by atoms with Crippen molar-refractivity contribution in [2.45, 2.75) is 43.8 Å². The molecule has 2 fully saturated rings. The summed E-state index contributed by atoms with van der Waals surface area (Å²) in [5, 5.41) is 11.8. The van der Waals surface area contributed by atoms with E-state index in [9.17, 15) is 18.0 Å². The van der Waals surface area contributed by atoms with Crippen molar-refractivity contribution in [3.63, 3.8) is 0 Å². The maximum Gasteiger partial charge on any atom is 0.419 e. The van der Waals surface area contributed by atoms with E-state index in [1.54, 1.807) is 4.90 Å². The van der Waals surface area contributed by atoms with E-state index >= 15 is 0 Å². The van der Waals surface area contributed by atoms with Gasteiger partial charge in [0.1, 0.15) is 6.07 Å². The van der Waals surface area contributed by atoms with Crippen LogP contribution in [0.3, 0.4) is 0 Å². The Bertz CT molecular complexity index is 977. The molecule has 4 rings (SSSR count). The number of nitrogens with zero attached hydrogens (tertiary/aromatic N) is 3. The molecular weight excluding hydrogens is 393 g/mol. The standard InChI is InChI=1S/C22H21F3N4O/c23-22(24,25)19-10-18(12-27-20(19)11-26)29-8-7-17(13-29)28-21(30)9-14-1-3-15(4-2-14)16-5-6-16/h1-4,10,12,16-17H,5-9,13H2,(H,28,30)/t17-/m1/s1. The molecule has 30 heavy (non-hydrogen) atoms. The molecule has 1 aliphatic heterocycles. The Balaban J connectivity index is 1.35. The first-order valence-corrected chi connectivity index (χ1v) is 9.94. The number of aromatic nitrogens is 1. The molecule has 1 saturated carbocycles. The Morgan fingerprint density at radius 3 is 2.60 bits per heavy atom. The second kappa shape index (κ2) is 7.98. The number of anilines is 1. The van der Waals surface area contributed by atoms with Gasteiger partial charge in [0.05, 0.1) is 23.9 Å². The lowest BCUT2D eigenvalue weighted by molar-refractivity contribution is -0.138. The van der Waals surface area contributed by atoms with Gasteiger partial charge in [-0.05, 0) is 42.4 Å². The van der Waals surface area contributed by atoms with E-state index in [1.165, 1.54) is 30.7 Å². The monoisotopic (exact) mass is 414 g/mol. The summed E-state index contributed by atoms with van der Waals surface area (Å²) in [5.74, 6) is 0.571. The highest BCUT2D eigenvalue weighted by atomic mass is 19.4. The van der Waals surface area contributed by atoms with Gasteiger partial charge in [0, 0.05) is 19.1 Å². The van der Waals surface area contributed by atoms with Crippen LogP contribution in [-0.2, 0) is 17.4 Å². The Morgan fingerprint density at radius 1 is 1.23 bits per heavy atom. The lowest BCUT2D eigenvalue weighted by Crippen LogP contribution is -2.38. The van der Waals surface area contributed by atoms with E-state index < -0.39 is 17.4 Å². The van der Waals surface area contributed by atoms with Crippen LogP contribution in [0.4, 0.5) is 18.9 Å². The van der Waals surface area contributed by atoms with Crippen molar-refractivity contribution < 1.29 is 18.0 Å². The molecule has 5 nitrogen and oxygen atoms in total. The van der Waals surface area contributed by atoms with E-state index in [2.05, 4.69) is 22.4 Å². The first-order valence-electron chi connectivity index (χ1n) is 9.94. The average Bonchev–Trinajstić information content (AvgIpc) is 3.46. The van der Waals surface area contributed by atoms with E-state index in [0.29, 0.717) is 31.1 Å². The lowest BCUT2D eigenvalue weighted by Gasteiger charge is -2.20. The molecule has 1 atom stereocenters. The highest BCUT2D eigenvalue weighted by molar-refractivity contribution is 5.79. The second-order valence-corrected chi connectivity index (χ2v) is 7.89. The molecule has 0 spiro atoms. The third-order valence-electron chi connectivity index (χ3n) is 5.60. The fraction of sp³-hybridized carbons (Fsp3) is 0.409. The molecule has 1 amide bonds. The fourth-order valence-corrected chi connectivity index (χ4v) is 3.83. The molecule has 1 aromatic heterocycles. The van der Waals surface area contributed by atoms with Crippen LogP contribution >= 0.6 is 0 Å². The topological polar surface area (TPSA) is 69.0 Å². The normalized spacial score (nSPS) is 18.9. The number of rotatable bonds is 5. The van der Waals surface area contributed by atoms with E-state index in [4.69, 9.17) is 5.26 Å². The largest absolute Gasteiger partial charge is 0.419 e. The van der Waals surface area contributed by atoms with Gasteiger partial charge in [-0.1, -0.05) is 24.3 Å². The highest BCUT2D eigenvalue weighted by Gasteiger charge is 2.36. The number of amides is 1. The molecular formula is C22H21F3N4O. The summed E-state index contributed by atoms with van der Waals surface area (Å²) < 4.78 is 39.5. The summed E-state index contributed by atoms with van der Waals surface area (Å²) in [7, 11) is 0. The van der Waals surface area contributed by atoms with Gasteiger partial charge in [-0.3, -0.25) is 4.79 Å². The molecule has 0 bridgehead atoms. The van der Waals surface area contributed by atoms with Crippen molar-refractivity contribution in [2.24, 2.45) is 0 Å². The Labute approximate surface area is 172 Å². The summed E-state index contributed by atoms with van der Waals surface area (Å²) >= 11 is 0. The van der Waals surface area contributed by atoms with Crippen LogP contribution in [0.25, 0.3) is 0 Å². The molecule has 2 aromatic rings. The summed E-state index contributed by atoms with van der Waals surface area (Å²) in [5.41, 5.74) is 0.888. The fourth-order valence-electron chi connectivity index (χ4n) is 3.83. The number of carbonyl (C=O) groups is 1. The van der Waals surface area contributed by atoms with Gasteiger partial charge >= 0.3 is 6.18 Å². The first-order chi connectivity index (χ1) is 14.3. The van der Waals surface area contributed by atoms with Crippen LogP contribution < -0.4 is 10.2 Å². The van der Waals surface area contributed by atoms with Gasteiger partial charge in [-0.25, -0.2) is 4.98 Å². The quantitative estimate of drug-likeness (QED) is 0.808. The van der Waals surface area contributed by atoms with Crippen LogP contribution in [0.1, 0.15) is 47.6 Å². The number of nitrogens with one attached hydrogen (secondary N) is 1. The zero-order valence-electron chi connectivity index (χ0n) is 16.2. The Kier molecular flexibility index (Phi) is 5.37. The number of alkyl halides is 3. The SMILES string of the molecule is N#Cc1ncc(N2CC[C@@H](NC(=O)Cc3ccc(C4CC4)cc3)C2)cc1C(F)(F)F. The van der Waals surface area contributed by atoms with Gasteiger partial charge < -0.3 is 10.2 Å². The van der Waals surface area contributed by atoms with Gasteiger partial charge in [-0.15, -0.1) is 0 Å². The van der Waals surface area contributed by atoms with Crippen LogP contribution in [0.15, 0.2) is 36.5 Å². The number of hydrogen-bond acceptors (Lipinski definition) is 4. The van der Waals surface area contributed by atoms with Gasteiger partial charge in [-0.2, -0.15) is 18.4 Å². The Morgan fingerprint density at radius 2 is 1.97 bits per heavy atom. The third-order valence-corrected chi connectivity index (χ3v) is 5.60. The van der Waals surface area contributed by atoms with Gasteiger partial charge in [0.25, 0.3) is 0 Å². The van der Waals surface area contributed by atoms with Gasteiger partial charge in [0.2, 0.25) is 5.91 Å². The Hall–Kier alpha value is -3.08. The summed E-state index contributed by atoms with van der Waals surface area (Å²) in [6, 6.07) is 10.4. The summed E-state index contributed by atoms with van der Waals surface area (Å²) in [4.78, 5) is 17.8. The number of nitriles is 1. The van der Waals surface area contributed by atoms with E-state index in [1.807, 2.05) is 12.1 Å². The second-order valence-electron chi connectivity index (χ2n) is 7.89. The molecule has 1 aliphatic carbocycles. The summed E-state index contributed by atoms with van der Waals surface area (Å²) in [6.45, 7) is 0.906. The average molecular weight is 414 g/mol. The highest BCUT2D eigenvalue weighted by Crippen LogP contribution is 2.40. The third kappa shape index (κ3) is 4.56. The van der Waals surface area contributed by atoms with Crippen molar-refractivity contribution in [3.8, 4) is 6.07 Å². The van der Waals surface area contributed by atoms with Gasteiger partial charge in [0.15, 0.2) is 5.69 Å². The summed E-state index contributed by atoms with van der Waals surface area (Å²) in [6.07, 6.45) is 0.0101. The molecule has 0 radical (unpaired) electrons. The molecule has 2 heterocycles. The molecule has 8 heteroatoms. The smallest absolute Gasteiger partial charge is 0.368 e. The maximum atomic E-state index is 13.2. The minimum atomic E-state index is -4.64. The minimum absolute atomic E-state index is 0.102. The maximum absolute atomic E-state index is 13.2. The molecule has 1 aromatic carbocycles. The molecule has 156 valence electrons. The zero-order valence-corrected chi connectivity index (χ0v) is 16.2.